The highest BCUT2D eigenvalue weighted by molar-refractivity contribution is 7.09. The van der Waals surface area contributed by atoms with E-state index in [0.717, 1.165) is 11.1 Å². The Hall–Kier alpha value is -2.54. The molecule has 0 saturated carbocycles. The summed E-state index contributed by atoms with van der Waals surface area (Å²) >= 11 is 1.39. The average Bonchev–Trinajstić information content (AvgIpc) is 2.84. The van der Waals surface area contributed by atoms with Gasteiger partial charge in [-0.15, -0.1) is 11.3 Å². The van der Waals surface area contributed by atoms with E-state index in [2.05, 4.69) is 15.3 Å². The molecule has 2 aromatic rings. The molecule has 2 aromatic heterocycles. The van der Waals surface area contributed by atoms with Crippen molar-refractivity contribution >= 4 is 35.1 Å². The minimum atomic E-state index is -1.04. The molecule has 0 unspecified atom stereocenters. The zero-order valence-electron chi connectivity index (χ0n) is 10.5. The van der Waals surface area contributed by atoms with Gasteiger partial charge in [-0.25, -0.2) is 14.8 Å². The van der Waals surface area contributed by atoms with Crippen LogP contribution in [0.5, 0.6) is 0 Å². The Balaban J connectivity index is 2.11. The van der Waals surface area contributed by atoms with Crippen molar-refractivity contribution in [2.24, 2.45) is 0 Å². The van der Waals surface area contributed by atoms with E-state index in [1.807, 2.05) is 6.92 Å². The number of carboxylic acids is 1. The van der Waals surface area contributed by atoms with E-state index in [1.54, 1.807) is 17.5 Å². The average molecular weight is 289 g/mol. The maximum atomic E-state index is 11.9. The predicted octanol–water partition coefficient (Wildman–Crippen LogP) is 2.20. The Labute approximate surface area is 118 Å². The number of carboxylic acid groups (broad SMARTS) is 1. The van der Waals surface area contributed by atoms with Gasteiger partial charge < -0.3 is 10.4 Å². The number of aliphatic carboxylic acids is 1. The molecule has 20 heavy (non-hydrogen) atoms. The van der Waals surface area contributed by atoms with Crippen LogP contribution in [0.25, 0.3) is 6.08 Å². The molecule has 6 nitrogen and oxygen atoms in total. The van der Waals surface area contributed by atoms with Crippen molar-refractivity contribution in [2.75, 3.05) is 5.32 Å². The molecule has 1 amide bonds. The van der Waals surface area contributed by atoms with Gasteiger partial charge in [-0.3, -0.25) is 4.79 Å². The lowest BCUT2D eigenvalue weighted by molar-refractivity contribution is -0.131. The summed E-state index contributed by atoms with van der Waals surface area (Å²) in [7, 11) is 0. The zero-order valence-corrected chi connectivity index (χ0v) is 11.3. The van der Waals surface area contributed by atoms with E-state index in [1.165, 1.54) is 23.6 Å². The lowest BCUT2D eigenvalue weighted by Gasteiger charge is -2.02. The van der Waals surface area contributed by atoms with Gasteiger partial charge in [0.25, 0.3) is 5.91 Å². The maximum absolute atomic E-state index is 11.9. The topological polar surface area (TPSA) is 92.2 Å². The number of hydrogen-bond acceptors (Lipinski definition) is 5. The Morgan fingerprint density at radius 3 is 2.90 bits per heavy atom. The highest BCUT2D eigenvalue weighted by atomic mass is 32.1. The molecule has 2 heterocycles. The molecule has 102 valence electrons. The largest absolute Gasteiger partial charge is 0.478 e. The van der Waals surface area contributed by atoms with E-state index in [9.17, 15) is 9.59 Å². The number of anilines is 1. The van der Waals surface area contributed by atoms with E-state index in [-0.39, 0.29) is 5.91 Å². The fraction of sp³-hybridized carbons (Fsp3) is 0.0769. The second kappa shape index (κ2) is 6.07. The molecule has 0 aromatic carbocycles. The number of aryl methyl sites for hydroxylation is 1. The van der Waals surface area contributed by atoms with Gasteiger partial charge in [-0.1, -0.05) is 0 Å². The molecule has 0 aliphatic heterocycles. The number of aromatic nitrogens is 2. The third-order valence-electron chi connectivity index (χ3n) is 2.30. The summed E-state index contributed by atoms with van der Waals surface area (Å²) in [4.78, 5) is 30.4. The second-order valence-corrected chi connectivity index (χ2v) is 4.91. The minimum Gasteiger partial charge on any atom is -0.478 e. The van der Waals surface area contributed by atoms with Crippen molar-refractivity contribution in [3.63, 3.8) is 0 Å². The molecule has 0 aliphatic rings. The third-order valence-corrected chi connectivity index (χ3v) is 3.07. The van der Waals surface area contributed by atoms with Crippen LogP contribution in [0.15, 0.2) is 29.8 Å². The quantitative estimate of drug-likeness (QED) is 0.842. The molecule has 0 aliphatic carbocycles. The highest BCUT2D eigenvalue weighted by Gasteiger charge is 2.10. The van der Waals surface area contributed by atoms with Gasteiger partial charge in [0.15, 0.2) is 0 Å². The zero-order chi connectivity index (χ0) is 14.5. The highest BCUT2D eigenvalue weighted by Crippen LogP contribution is 2.12. The molecule has 2 rings (SSSR count). The molecular weight excluding hydrogens is 278 g/mol. The van der Waals surface area contributed by atoms with Crippen LogP contribution in [0.4, 0.5) is 5.82 Å². The summed E-state index contributed by atoms with van der Waals surface area (Å²) in [6.45, 7) is 1.82. The fourth-order valence-electron chi connectivity index (χ4n) is 1.43. The third kappa shape index (κ3) is 3.72. The predicted molar refractivity (Wildman–Crippen MR) is 75.7 cm³/mol. The number of thiazole rings is 1. The number of pyridine rings is 1. The monoisotopic (exact) mass is 289 g/mol. The molecule has 0 saturated heterocycles. The van der Waals surface area contributed by atoms with Crippen molar-refractivity contribution in [2.45, 2.75) is 6.92 Å². The summed E-state index contributed by atoms with van der Waals surface area (Å²) in [6.07, 6.45) is 3.93. The van der Waals surface area contributed by atoms with Crippen molar-refractivity contribution in [1.29, 1.82) is 0 Å². The molecule has 0 spiro atoms. The van der Waals surface area contributed by atoms with Gasteiger partial charge in [0.05, 0.1) is 5.01 Å². The van der Waals surface area contributed by atoms with E-state index >= 15 is 0 Å². The van der Waals surface area contributed by atoms with Gasteiger partial charge in [0.2, 0.25) is 0 Å². The Morgan fingerprint density at radius 1 is 1.45 bits per heavy atom. The number of hydrogen-bond donors (Lipinski definition) is 2. The maximum Gasteiger partial charge on any atom is 0.328 e. The number of amides is 1. The van der Waals surface area contributed by atoms with Crippen LogP contribution in [0.3, 0.4) is 0 Å². The molecule has 0 bridgehead atoms. The first kappa shape index (κ1) is 13.9. The molecule has 7 heteroatoms. The van der Waals surface area contributed by atoms with Crippen LogP contribution in [-0.2, 0) is 4.79 Å². The molecule has 0 atom stereocenters. The van der Waals surface area contributed by atoms with Crippen LogP contribution in [0.1, 0.15) is 21.1 Å². The first-order chi connectivity index (χ1) is 9.54. The Kier molecular flexibility index (Phi) is 4.21. The van der Waals surface area contributed by atoms with Crippen LogP contribution < -0.4 is 5.32 Å². The summed E-state index contributed by atoms with van der Waals surface area (Å²) < 4.78 is 0. The van der Waals surface area contributed by atoms with Gasteiger partial charge in [-0.05, 0) is 30.7 Å². The van der Waals surface area contributed by atoms with E-state index < -0.39 is 5.97 Å². The number of nitrogens with zero attached hydrogens (tertiary/aromatic N) is 2. The van der Waals surface area contributed by atoms with Gasteiger partial charge in [-0.2, -0.15) is 0 Å². The van der Waals surface area contributed by atoms with Crippen LogP contribution in [0, 0.1) is 6.92 Å². The summed E-state index contributed by atoms with van der Waals surface area (Å²) in [5.74, 6) is -1.04. The van der Waals surface area contributed by atoms with Gasteiger partial charge in [0, 0.05) is 17.7 Å². The Bertz CT molecular complexity index is 679. The molecule has 0 fully saturated rings. The summed E-state index contributed by atoms with van der Waals surface area (Å²) in [5.41, 5.74) is 0.966. The first-order valence-corrected chi connectivity index (χ1v) is 6.53. The smallest absolute Gasteiger partial charge is 0.328 e. The van der Waals surface area contributed by atoms with Gasteiger partial charge in [0.1, 0.15) is 11.5 Å². The van der Waals surface area contributed by atoms with Crippen molar-refractivity contribution in [3.8, 4) is 0 Å². The summed E-state index contributed by atoms with van der Waals surface area (Å²) in [5, 5.41) is 13.6. The van der Waals surface area contributed by atoms with Crippen LogP contribution in [-0.4, -0.2) is 27.0 Å². The first-order valence-electron chi connectivity index (χ1n) is 5.65. The molecule has 2 N–H and O–H groups in total. The fourth-order valence-corrected chi connectivity index (χ4v) is 2.03. The van der Waals surface area contributed by atoms with Crippen LogP contribution >= 0.6 is 11.3 Å². The standard InChI is InChI=1S/C13H11N3O3S/c1-8-15-10(7-20-8)13(19)16-11-6-9(4-5-14-11)2-3-12(17)18/h2-7H,1H3,(H,17,18)(H,14,16,19)/b3-2+. The number of rotatable bonds is 4. The van der Waals surface area contributed by atoms with Crippen LogP contribution in [0.2, 0.25) is 0 Å². The van der Waals surface area contributed by atoms with E-state index in [0.29, 0.717) is 17.1 Å². The molecular formula is C13H11N3O3S. The lowest BCUT2D eigenvalue weighted by Crippen LogP contribution is -2.13. The number of nitrogens with one attached hydrogen (secondary N) is 1. The second-order valence-electron chi connectivity index (χ2n) is 3.85. The van der Waals surface area contributed by atoms with Gasteiger partial charge >= 0.3 is 5.97 Å². The van der Waals surface area contributed by atoms with E-state index in [4.69, 9.17) is 5.11 Å². The van der Waals surface area contributed by atoms with Crippen molar-refractivity contribution < 1.29 is 14.7 Å². The Morgan fingerprint density at radius 2 is 2.25 bits per heavy atom. The summed E-state index contributed by atoms with van der Waals surface area (Å²) in [6, 6.07) is 3.22. The SMILES string of the molecule is Cc1nc(C(=O)Nc2cc(/C=C/C(=O)O)ccn2)cs1. The minimum absolute atomic E-state index is 0.334. The number of carbonyl (C=O) groups is 2. The lowest BCUT2D eigenvalue weighted by atomic mass is 10.2. The normalized spacial score (nSPS) is 10.7. The number of carbonyl (C=O) groups excluding carboxylic acids is 1. The molecule has 0 radical (unpaired) electrons. The van der Waals surface area contributed by atoms with Crippen molar-refractivity contribution in [3.05, 3.63) is 46.1 Å². The van der Waals surface area contributed by atoms with Crippen molar-refractivity contribution in [1.82, 2.24) is 9.97 Å².